The van der Waals surface area contributed by atoms with Gasteiger partial charge >= 0.3 is 5.97 Å². The topological polar surface area (TPSA) is 55.1 Å². The van der Waals surface area contributed by atoms with Crippen molar-refractivity contribution in [3.05, 3.63) is 93.5 Å². The van der Waals surface area contributed by atoms with Crippen LogP contribution in [0.4, 0.5) is 0 Å². The van der Waals surface area contributed by atoms with Crippen molar-refractivity contribution in [2.45, 2.75) is 23.9 Å². The highest BCUT2D eigenvalue weighted by Gasteiger charge is 2.16. The van der Waals surface area contributed by atoms with Crippen LogP contribution in [0.2, 0.25) is 10.0 Å². The number of thioether (sulfide) groups is 1. The Morgan fingerprint density at radius 1 is 1.00 bits per heavy atom. The Kier molecular flexibility index (Phi) is 6.32. The third-order valence-electron chi connectivity index (χ3n) is 4.83. The number of benzene rings is 3. The molecule has 0 aliphatic rings. The van der Waals surface area contributed by atoms with Gasteiger partial charge in [-0.25, -0.2) is 9.78 Å². The van der Waals surface area contributed by atoms with E-state index in [1.165, 1.54) is 17.3 Å². The molecule has 0 bridgehead atoms. The van der Waals surface area contributed by atoms with Crippen LogP contribution in [0, 0.1) is 0 Å². The SMILES string of the molecule is O=C(O)c1ccccc1CSc1nc2cc(Cl)c(Cl)cc2n1CCc1ccccc1. The number of carboxylic acids is 1. The van der Waals surface area contributed by atoms with Crippen LogP contribution in [0.25, 0.3) is 11.0 Å². The lowest BCUT2D eigenvalue weighted by atomic mass is 10.1. The van der Waals surface area contributed by atoms with Gasteiger partial charge in [0.2, 0.25) is 0 Å². The molecule has 7 heteroatoms. The van der Waals surface area contributed by atoms with Gasteiger partial charge in [0.25, 0.3) is 0 Å². The molecule has 0 saturated heterocycles. The molecule has 4 aromatic rings. The monoisotopic (exact) mass is 456 g/mol. The molecule has 30 heavy (non-hydrogen) atoms. The number of aromatic nitrogens is 2. The Balaban J connectivity index is 1.67. The second kappa shape index (κ2) is 9.13. The fraction of sp³-hybridized carbons (Fsp3) is 0.130. The summed E-state index contributed by atoms with van der Waals surface area (Å²) in [4.78, 5) is 16.3. The van der Waals surface area contributed by atoms with Gasteiger partial charge in [0.15, 0.2) is 5.16 Å². The molecule has 0 fully saturated rings. The third kappa shape index (κ3) is 4.48. The van der Waals surface area contributed by atoms with E-state index in [4.69, 9.17) is 28.2 Å². The van der Waals surface area contributed by atoms with E-state index in [0.29, 0.717) is 21.4 Å². The van der Waals surface area contributed by atoms with Gasteiger partial charge in [-0.1, -0.05) is 83.5 Å². The highest BCUT2D eigenvalue weighted by molar-refractivity contribution is 7.98. The smallest absolute Gasteiger partial charge is 0.335 e. The van der Waals surface area contributed by atoms with Crippen LogP contribution in [-0.2, 0) is 18.7 Å². The molecule has 1 N–H and O–H groups in total. The highest BCUT2D eigenvalue weighted by atomic mass is 35.5. The zero-order valence-corrected chi connectivity index (χ0v) is 18.2. The van der Waals surface area contributed by atoms with Gasteiger partial charge in [0.1, 0.15) is 0 Å². The van der Waals surface area contributed by atoms with Crippen molar-refractivity contribution in [3.63, 3.8) is 0 Å². The molecular formula is C23H18Cl2N2O2S. The van der Waals surface area contributed by atoms with Crippen molar-refractivity contribution < 1.29 is 9.90 Å². The van der Waals surface area contributed by atoms with Gasteiger partial charge in [0, 0.05) is 12.3 Å². The number of carbonyl (C=O) groups is 1. The van der Waals surface area contributed by atoms with E-state index in [1.54, 1.807) is 18.2 Å². The molecule has 1 heterocycles. The van der Waals surface area contributed by atoms with Crippen LogP contribution in [0.3, 0.4) is 0 Å². The van der Waals surface area contributed by atoms with E-state index in [-0.39, 0.29) is 0 Å². The molecule has 0 aliphatic carbocycles. The maximum absolute atomic E-state index is 11.5. The average molecular weight is 457 g/mol. The summed E-state index contributed by atoms with van der Waals surface area (Å²) >= 11 is 14.0. The normalized spacial score (nSPS) is 11.1. The molecule has 0 radical (unpaired) electrons. The standard InChI is InChI=1S/C23H18Cl2N2O2S/c24-18-12-20-21(13-19(18)25)27(11-10-15-6-2-1-3-7-15)23(26-20)30-14-16-8-4-5-9-17(16)22(28)29/h1-9,12-13H,10-11,14H2,(H,28,29). The zero-order chi connectivity index (χ0) is 21.1. The van der Waals surface area contributed by atoms with Gasteiger partial charge in [-0.3, -0.25) is 0 Å². The largest absolute Gasteiger partial charge is 0.478 e. The maximum atomic E-state index is 11.5. The molecule has 0 aliphatic heterocycles. The van der Waals surface area contributed by atoms with E-state index in [9.17, 15) is 9.90 Å². The van der Waals surface area contributed by atoms with Crippen molar-refractivity contribution in [1.29, 1.82) is 0 Å². The second-order valence-electron chi connectivity index (χ2n) is 6.79. The van der Waals surface area contributed by atoms with Gasteiger partial charge in [-0.2, -0.15) is 0 Å². The Morgan fingerprint density at radius 2 is 1.70 bits per heavy atom. The van der Waals surface area contributed by atoms with E-state index in [0.717, 1.165) is 34.7 Å². The first-order valence-corrected chi connectivity index (χ1v) is 11.1. The molecule has 0 saturated carbocycles. The van der Waals surface area contributed by atoms with Gasteiger partial charge in [-0.05, 0) is 35.7 Å². The molecule has 0 spiro atoms. The van der Waals surface area contributed by atoms with Crippen molar-refractivity contribution >= 4 is 52.0 Å². The molecule has 152 valence electrons. The summed E-state index contributed by atoms with van der Waals surface area (Å²) in [6.07, 6.45) is 0.839. The summed E-state index contributed by atoms with van der Waals surface area (Å²) in [5.74, 6) is -0.430. The first-order chi connectivity index (χ1) is 14.5. The minimum absolute atomic E-state index is 0.308. The highest BCUT2D eigenvalue weighted by Crippen LogP contribution is 2.32. The number of carboxylic acid groups (broad SMARTS) is 1. The first kappa shape index (κ1) is 20.8. The first-order valence-electron chi connectivity index (χ1n) is 9.36. The predicted molar refractivity (Wildman–Crippen MR) is 123 cm³/mol. The van der Waals surface area contributed by atoms with Gasteiger partial charge in [-0.15, -0.1) is 0 Å². The fourth-order valence-corrected chi connectivity index (χ4v) is 4.67. The Hall–Kier alpha value is -2.47. The van der Waals surface area contributed by atoms with E-state index >= 15 is 0 Å². The molecule has 4 rings (SSSR count). The average Bonchev–Trinajstić information content (AvgIpc) is 3.08. The third-order valence-corrected chi connectivity index (χ3v) is 6.57. The Bertz CT molecular complexity index is 1210. The number of rotatable bonds is 7. The second-order valence-corrected chi connectivity index (χ2v) is 8.54. The van der Waals surface area contributed by atoms with E-state index in [1.807, 2.05) is 36.4 Å². The number of aryl methyl sites for hydroxylation is 2. The molecule has 3 aromatic carbocycles. The van der Waals surface area contributed by atoms with Crippen LogP contribution in [0.5, 0.6) is 0 Å². The Labute approximate surface area is 188 Å². The van der Waals surface area contributed by atoms with Crippen LogP contribution in [-0.4, -0.2) is 20.6 Å². The summed E-state index contributed by atoms with van der Waals surface area (Å²) in [7, 11) is 0. The molecule has 0 atom stereocenters. The number of nitrogens with zero attached hydrogens (tertiary/aromatic N) is 2. The fourth-order valence-electron chi connectivity index (χ4n) is 3.31. The van der Waals surface area contributed by atoms with Crippen LogP contribution in [0.1, 0.15) is 21.5 Å². The molecule has 4 nitrogen and oxygen atoms in total. The molecule has 0 amide bonds. The van der Waals surface area contributed by atoms with Crippen molar-refractivity contribution in [2.24, 2.45) is 0 Å². The molecule has 1 aromatic heterocycles. The minimum Gasteiger partial charge on any atom is -0.478 e. The van der Waals surface area contributed by atoms with Gasteiger partial charge < -0.3 is 9.67 Å². The van der Waals surface area contributed by atoms with Crippen LogP contribution < -0.4 is 0 Å². The summed E-state index contributed by atoms with van der Waals surface area (Å²) in [6, 6.07) is 20.9. The quantitative estimate of drug-likeness (QED) is 0.319. The number of imidazole rings is 1. The lowest BCUT2D eigenvalue weighted by Crippen LogP contribution is -2.04. The predicted octanol–water partition coefficient (Wildman–Crippen LogP) is 6.58. The Morgan fingerprint density at radius 3 is 2.47 bits per heavy atom. The number of halogens is 2. The summed E-state index contributed by atoms with van der Waals surface area (Å²) in [5, 5.41) is 11.2. The van der Waals surface area contributed by atoms with Crippen molar-refractivity contribution in [3.8, 4) is 0 Å². The van der Waals surface area contributed by atoms with Crippen molar-refractivity contribution in [2.75, 3.05) is 0 Å². The summed E-state index contributed by atoms with van der Waals surface area (Å²) < 4.78 is 2.12. The van der Waals surface area contributed by atoms with E-state index < -0.39 is 5.97 Å². The van der Waals surface area contributed by atoms with E-state index in [2.05, 4.69) is 16.7 Å². The minimum atomic E-state index is -0.928. The number of hydrogen-bond acceptors (Lipinski definition) is 3. The number of fused-ring (bicyclic) bond motifs is 1. The number of aromatic carboxylic acids is 1. The summed E-state index contributed by atoms with van der Waals surface area (Å²) in [6.45, 7) is 0.724. The van der Waals surface area contributed by atoms with Crippen LogP contribution in [0.15, 0.2) is 71.9 Å². The van der Waals surface area contributed by atoms with Gasteiger partial charge in [0.05, 0.1) is 26.6 Å². The van der Waals surface area contributed by atoms with Crippen molar-refractivity contribution in [1.82, 2.24) is 9.55 Å². The molecule has 0 unspecified atom stereocenters. The maximum Gasteiger partial charge on any atom is 0.335 e. The lowest BCUT2D eigenvalue weighted by molar-refractivity contribution is 0.0696. The summed E-state index contributed by atoms with van der Waals surface area (Å²) in [5.41, 5.74) is 3.98. The molecular weight excluding hydrogens is 439 g/mol. The number of hydrogen-bond donors (Lipinski definition) is 1. The zero-order valence-electron chi connectivity index (χ0n) is 15.9. The van der Waals surface area contributed by atoms with Crippen LogP contribution >= 0.6 is 35.0 Å². The lowest BCUT2D eigenvalue weighted by Gasteiger charge is -2.10.